The number of hydrogen-bond acceptors (Lipinski definition) is 4. The zero-order chi connectivity index (χ0) is 9.02. The summed E-state index contributed by atoms with van der Waals surface area (Å²) in [6.45, 7) is 0. The van der Waals surface area contributed by atoms with Crippen molar-refractivity contribution in [3.8, 4) is 0 Å². The van der Waals surface area contributed by atoms with Crippen LogP contribution in [0.2, 0.25) is 0 Å². The molecule has 0 saturated heterocycles. The molecule has 6 nitrogen and oxygen atoms in total. The lowest BCUT2D eigenvalue weighted by atomic mass is 10.1. The maximum atomic E-state index is 10.0. The number of rotatable bonds is 4. The van der Waals surface area contributed by atoms with Gasteiger partial charge in [-0.05, 0) is 0 Å². The van der Waals surface area contributed by atoms with Crippen LogP contribution in [0.15, 0.2) is 0 Å². The molecule has 0 fully saturated rings. The fourth-order valence-corrected chi connectivity index (χ4v) is 0.442. The van der Waals surface area contributed by atoms with Crippen LogP contribution in [0.25, 0.3) is 0 Å². The van der Waals surface area contributed by atoms with Crippen molar-refractivity contribution in [3.63, 3.8) is 0 Å². The zero-order valence-electron chi connectivity index (χ0n) is 5.60. The summed E-state index contributed by atoms with van der Waals surface area (Å²) in [5, 5.41) is 24.9. The summed E-state index contributed by atoms with van der Waals surface area (Å²) in [6.07, 6.45) is -2.19. The second kappa shape index (κ2) is 3.89. The molecular formula is C5H9NO5. The standard InChI is InChI=1S/C5H9NO5/c6-2(4(8)9)1-3(7)5(10)11/h2-3,7H,1,6H2,(H,8,9)(H,10,11)/t2-,3?/m1/s1. The molecule has 0 aromatic heterocycles. The molecule has 0 rings (SSSR count). The van der Waals surface area contributed by atoms with Crippen molar-refractivity contribution < 1.29 is 24.9 Å². The Kier molecular flexibility index (Phi) is 3.49. The van der Waals surface area contributed by atoms with E-state index in [9.17, 15) is 9.59 Å². The molecular weight excluding hydrogens is 154 g/mol. The molecule has 0 aliphatic rings. The first-order valence-electron chi connectivity index (χ1n) is 2.84. The predicted molar refractivity (Wildman–Crippen MR) is 33.9 cm³/mol. The van der Waals surface area contributed by atoms with E-state index in [0.29, 0.717) is 0 Å². The average Bonchev–Trinajstić information content (AvgIpc) is 1.87. The highest BCUT2D eigenvalue weighted by Crippen LogP contribution is 1.95. The van der Waals surface area contributed by atoms with Gasteiger partial charge in [-0.3, -0.25) is 4.79 Å². The zero-order valence-corrected chi connectivity index (χ0v) is 5.60. The van der Waals surface area contributed by atoms with E-state index in [-0.39, 0.29) is 0 Å². The van der Waals surface area contributed by atoms with Crippen molar-refractivity contribution in [1.29, 1.82) is 0 Å². The first-order chi connectivity index (χ1) is 4.95. The molecule has 0 aliphatic heterocycles. The summed E-state index contributed by atoms with van der Waals surface area (Å²) in [7, 11) is 0. The van der Waals surface area contributed by atoms with Gasteiger partial charge in [0.15, 0.2) is 6.10 Å². The van der Waals surface area contributed by atoms with E-state index in [1.165, 1.54) is 0 Å². The summed E-state index contributed by atoms with van der Waals surface area (Å²) < 4.78 is 0. The second-order valence-corrected chi connectivity index (χ2v) is 2.03. The average molecular weight is 163 g/mol. The van der Waals surface area contributed by atoms with E-state index in [1.54, 1.807) is 0 Å². The van der Waals surface area contributed by atoms with Gasteiger partial charge in [0.2, 0.25) is 0 Å². The van der Waals surface area contributed by atoms with Crippen molar-refractivity contribution in [2.45, 2.75) is 18.6 Å². The Hall–Kier alpha value is -1.14. The van der Waals surface area contributed by atoms with Gasteiger partial charge in [-0.15, -0.1) is 0 Å². The summed E-state index contributed by atoms with van der Waals surface area (Å²) >= 11 is 0. The minimum absolute atomic E-state index is 0.481. The third kappa shape index (κ3) is 3.54. The maximum absolute atomic E-state index is 10.0. The minimum atomic E-state index is -1.71. The first-order valence-corrected chi connectivity index (χ1v) is 2.84. The van der Waals surface area contributed by atoms with Crippen molar-refractivity contribution in [2.75, 3.05) is 0 Å². The Bertz CT molecular complexity index is 150. The van der Waals surface area contributed by atoms with Gasteiger partial charge in [0.05, 0.1) is 0 Å². The van der Waals surface area contributed by atoms with Crippen LogP contribution in [0.3, 0.4) is 0 Å². The highest BCUT2D eigenvalue weighted by Gasteiger charge is 2.21. The quantitative estimate of drug-likeness (QED) is 0.389. The molecule has 6 heteroatoms. The molecule has 0 aliphatic carbocycles. The van der Waals surface area contributed by atoms with Crippen LogP contribution in [0.4, 0.5) is 0 Å². The van der Waals surface area contributed by atoms with Crippen LogP contribution in [0.5, 0.6) is 0 Å². The van der Waals surface area contributed by atoms with Gasteiger partial charge in [-0.1, -0.05) is 0 Å². The lowest BCUT2D eigenvalue weighted by Gasteiger charge is -2.07. The number of carboxylic acids is 2. The van der Waals surface area contributed by atoms with E-state index in [2.05, 4.69) is 0 Å². The molecule has 5 N–H and O–H groups in total. The van der Waals surface area contributed by atoms with Crippen molar-refractivity contribution in [1.82, 2.24) is 0 Å². The molecule has 0 radical (unpaired) electrons. The molecule has 2 atom stereocenters. The number of carboxylic acid groups (broad SMARTS) is 2. The Labute approximate surface area is 62.2 Å². The fraction of sp³-hybridized carbons (Fsp3) is 0.600. The largest absolute Gasteiger partial charge is 0.480 e. The van der Waals surface area contributed by atoms with Gasteiger partial charge in [-0.25, -0.2) is 4.79 Å². The topological polar surface area (TPSA) is 121 Å². The number of aliphatic hydroxyl groups excluding tert-OH is 1. The van der Waals surface area contributed by atoms with Gasteiger partial charge < -0.3 is 21.1 Å². The normalized spacial score (nSPS) is 15.5. The summed E-state index contributed by atoms with van der Waals surface area (Å²) in [5.74, 6) is -2.80. The Morgan fingerprint density at radius 2 is 1.73 bits per heavy atom. The van der Waals surface area contributed by atoms with Gasteiger partial charge >= 0.3 is 11.9 Å². The Balaban J connectivity index is 3.84. The number of aliphatic carboxylic acids is 2. The molecule has 0 aromatic rings. The summed E-state index contributed by atoms with van der Waals surface area (Å²) in [6, 6.07) is -1.33. The maximum Gasteiger partial charge on any atom is 0.332 e. The van der Waals surface area contributed by atoms with Crippen LogP contribution in [-0.2, 0) is 9.59 Å². The molecule has 1 unspecified atom stereocenters. The Morgan fingerprint density at radius 3 is 2.00 bits per heavy atom. The molecule has 0 amide bonds. The summed E-state index contributed by atoms with van der Waals surface area (Å²) in [4.78, 5) is 20.0. The second-order valence-electron chi connectivity index (χ2n) is 2.03. The molecule has 0 bridgehead atoms. The van der Waals surface area contributed by atoms with Gasteiger partial charge in [0.1, 0.15) is 6.04 Å². The first kappa shape index (κ1) is 9.86. The highest BCUT2D eigenvalue weighted by atomic mass is 16.4. The van der Waals surface area contributed by atoms with E-state index < -0.39 is 30.5 Å². The van der Waals surface area contributed by atoms with E-state index in [4.69, 9.17) is 21.1 Å². The number of aliphatic hydroxyl groups is 1. The van der Waals surface area contributed by atoms with Gasteiger partial charge in [-0.2, -0.15) is 0 Å². The van der Waals surface area contributed by atoms with E-state index in [0.717, 1.165) is 0 Å². The monoisotopic (exact) mass is 163 g/mol. The SMILES string of the molecule is N[C@H](CC(O)C(=O)O)C(=O)O. The minimum Gasteiger partial charge on any atom is -0.480 e. The summed E-state index contributed by atoms with van der Waals surface area (Å²) in [5.41, 5.74) is 4.93. The highest BCUT2D eigenvalue weighted by molar-refractivity contribution is 5.76. The van der Waals surface area contributed by atoms with Crippen LogP contribution < -0.4 is 5.73 Å². The molecule has 11 heavy (non-hydrogen) atoms. The van der Waals surface area contributed by atoms with Gasteiger partial charge in [0, 0.05) is 6.42 Å². The smallest absolute Gasteiger partial charge is 0.332 e. The Morgan fingerprint density at radius 1 is 1.27 bits per heavy atom. The van der Waals surface area contributed by atoms with Crippen molar-refractivity contribution in [2.24, 2.45) is 5.73 Å². The van der Waals surface area contributed by atoms with E-state index in [1.807, 2.05) is 0 Å². The lowest BCUT2D eigenvalue weighted by molar-refractivity contribution is -0.148. The van der Waals surface area contributed by atoms with Crippen LogP contribution in [0.1, 0.15) is 6.42 Å². The van der Waals surface area contributed by atoms with Crippen molar-refractivity contribution >= 4 is 11.9 Å². The molecule has 0 heterocycles. The lowest BCUT2D eigenvalue weighted by Crippen LogP contribution is -2.36. The molecule has 0 aromatic carbocycles. The van der Waals surface area contributed by atoms with Crippen LogP contribution >= 0.6 is 0 Å². The number of nitrogens with two attached hydrogens (primary N) is 1. The third-order valence-electron chi connectivity index (χ3n) is 1.08. The number of carbonyl (C=O) groups is 2. The van der Waals surface area contributed by atoms with Gasteiger partial charge in [0.25, 0.3) is 0 Å². The molecule has 0 saturated carbocycles. The van der Waals surface area contributed by atoms with Crippen LogP contribution in [-0.4, -0.2) is 39.4 Å². The predicted octanol–water partition coefficient (Wildman–Crippen LogP) is -1.77. The van der Waals surface area contributed by atoms with Crippen LogP contribution in [0, 0.1) is 0 Å². The molecule has 64 valence electrons. The van der Waals surface area contributed by atoms with Crippen molar-refractivity contribution in [3.05, 3.63) is 0 Å². The molecule has 0 spiro atoms. The number of hydrogen-bond donors (Lipinski definition) is 4. The third-order valence-corrected chi connectivity index (χ3v) is 1.08. The van der Waals surface area contributed by atoms with E-state index >= 15 is 0 Å². The fourth-order valence-electron chi connectivity index (χ4n) is 0.442.